The molecule has 0 heterocycles. The second-order valence-electron chi connectivity index (χ2n) is 3.10. The Kier molecular flexibility index (Phi) is 7.87. The lowest BCUT2D eigenvalue weighted by Gasteiger charge is -2.03. The topological polar surface area (TPSA) is 12.0 Å². The van der Waals surface area contributed by atoms with E-state index in [1.807, 2.05) is 13.1 Å². The molecule has 0 unspecified atom stereocenters. The lowest BCUT2D eigenvalue weighted by Crippen LogP contribution is -2.03. The van der Waals surface area contributed by atoms with Gasteiger partial charge in [0.05, 0.1) is 0 Å². The van der Waals surface area contributed by atoms with Crippen molar-refractivity contribution in [1.29, 1.82) is 0 Å². The molecule has 70 valence electrons. The summed E-state index contributed by atoms with van der Waals surface area (Å²) in [4.78, 5) is 0. The number of allylic oxidation sites excluding steroid dienone is 2. The molecule has 0 saturated heterocycles. The van der Waals surface area contributed by atoms with Crippen LogP contribution in [0.3, 0.4) is 0 Å². The molecule has 0 aromatic heterocycles. The number of hydrogen-bond donors (Lipinski definition) is 1. The number of rotatable bonds is 8. The van der Waals surface area contributed by atoms with Crippen molar-refractivity contribution in [2.45, 2.75) is 38.5 Å². The van der Waals surface area contributed by atoms with Gasteiger partial charge >= 0.3 is 0 Å². The quantitative estimate of drug-likeness (QED) is 0.432. The van der Waals surface area contributed by atoms with Crippen LogP contribution in [-0.4, -0.2) is 7.05 Å². The standard InChI is InChI=1S/C11H21N/c1-4-5-6-7-8-9-10-11(2)12-3/h4,12H,1-2,5-10H2,3H3. The van der Waals surface area contributed by atoms with Crippen molar-refractivity contribution in [3.8, 4) is 0 Å². The highest BCUT2D eigenvalue weighted by Gasteiger charge is 1.91. The zero-order valence-electron chi connectivity index (χ0n) is 8.23. The van der Waals surface area contributed by atoms with E-state index in [2.05, 4.69) is 18.5 Å². The summed E-state index contributed by atoms with van der Waals surface area (Å²) in [5, 5.41) is 3.06. The average molecular weight is 167 g/mol. The van der Waals surface area contributed by atoms with E-state index in [1.54, 1.807) is 0 Å². The molecule has 12 heavy (non-hydrogen) atoms. The monoisotopic (exact) mass is 167 g/mol. The lowest BCUT2D eigenvalue weighted by molar-refractivity contribution is 0.634. The van der Waals surface area contributed by atoms with Gasteiger partial charge in [-0.3, -0.25) is 0 Å². The van der Waals surface area contributed by atoms with Gasteiger partial charge in [0.1, 0.15) is 0 Å². The molecule has 0 radical (unpaired) electrons. The molecule has 0 aliphatic rings. The summed E-state index contributed by atoms with van der Waals surface area (Å²) in [6.07, 6.45) is 9.45. The van der Waals surface area contributed by atoms with E-state index in [0.29, 0.717) is 0 Å². The number of hydrogen-bond acceptors (Lipinski definition) is 1. The van der Waals surface area contributed by atoms with Crippen molar-refractivity contribution in [2.75, 3.05) is 7.05 Å². The molecular formula is C11H21N. The maximum absolute atomic E-state index is 3.88. The molecule has 0 aromatic rings. The first-order valence-corrected chi connectivity index (χ1v) is 4.77. The summed E-state index contributed by atoms with van der Waals surface area (Å²) >= 11 is 0. The summed E-state index contributed by atoms with van der Waals surface area (Å²) in [7, 11) is 1.93. The fourth-order valence-corrected chi connectivity index (χ4v) is 1.11. The van der Waals surface area contributed by atoms with Crippen LogP contribution in [-0.2, 0) is 0 Å². The van der Waals surface area contributed by atoms with Crippen LogP contribution in [0.25, 0.3) is 0 Å². The summed E-state index contributed by atoms with van der Waals surface area (Å²) in [6.45, 7) is 7.58. The van der Waals surface area contributed by atoms with Crippen LogP contribution >= 0.6 is 0 Å². The predicted molar refractivity (Wildman–Crippen MR) is 56.1 cm³/mol. The smallest absolute Gasteiger partial charge is 0.00310 e. The first kappa shape index (κ1) is 11.3. The average Bonchev–Trinajstić information content (AvgIpc) is 2.10. The first-order chi connectivity index (χ1) is 5.81. The Morgan fingerprint density at radius 2 is 1.92 bits per heavy atom. The van der Waals surface area contributed by atoms with Gasteiger partial charge in [0.2, 0.25) is 0 Å². The van der Waals surface area contributed by atoms with Crippen LogP contribution in [0, 0.1) is 0 Å². The lowest BCUT2D eigenvalue weighted by atomic mass is 10.1. The maximum Gasteiger partial charge on any atom is 0.00310 e. The van der Waals surface area contributed by atoms with Crippen molar-refractivity contribution in [2.24, 2.45) is 0 Å². The Hall–Kier alpha value is -0.720. The molecule has 1 heteroatoms. The van der Waals surface area contributed by atoms with Crippen molar-refractivity contribution in [3.63, 3.8) is 0 Å². The zero-order valence-corrected chi connectivity index (χ0v) is 8.23. The van der Waals surface area contributed by atoms with Crippen LogP contribution in [0.5, 0.6) is 0 Å². The molecule has 0 fully saturated rings. The van der Waals surface area contributed by atoms with Crippen molar-refractivity contribution < 1.29 is 0 Å². The Morgan fingerprint density at radius 3 is 2.50 bits per heavy atom. The number of nitrogens with one attached hydrogen (secondary N) is 1. The molecule has 0 saturated carbocycles. The Morgan fingerprint density at radius 1 is 1.25 bits per heavy atom. The Bertz CT molecular complexity index is 127. The molecule has 0 atom stereocenters. The van der Waals surface area contributed by atoms with Gasteiger partial charge in [-0.15, -0.1) is 6.58 Å². The van der Waals surface area contributed by atoms with Crippen LogP contribution in [0.4, 0.5) is 0 Å². The Balaban J connectivity index is 3.00. The van der Waals surface area contributed by atoms with E-state index in [-0.39, 0.29) is 0 Å². The fraction of sp³-hybridized carbons (Fsp3) is 0.636. The summed E-state index contributed by atoms with van der Waals surface area (Å²) in [5.74, 6) is 0. The van der Waals surface area contributed by atoms with E-state index in [9.17, 15) is 0 Å². The van der Waals surface area contributed by atoms with Crippen LogP contribution in [0.15, 0.2) is 24.9 Å². The molecule has 0 aromatic carbocycles. The second kappa shape index (κ2) is 8.38. The molecule has 0 bridgehead atoms. The van der Waals surface area contributed by atoms with Gasteiger partial charge in [0.25, 0.3) is 0 Å². The second-order valence-corrected chi connectivity index (χ2v) is 3.10. The molecule has 0 spiro atoms. The van der Waals surface area contributed by atoms with Gasteiger partial charge in [0, 0.05) is 12.7 Å². The van der Waals surface area contributed by atoms with Crippen LogP contribution < -0.4 is 5.32 Å². The van der Waals surface area contributed by atoms with E-state index >= 15 is 0 Å². The summed E-state index contributed by atoms with van der Waals surface area (Å²) in [5.41, 5.74) is 1.15. The largest absolute Gasteiger partial charge is 0.392 e. The molecule has 0 aliphatic carbocycles. The van der Waals surface area contributed by atoms with E-state index in [4.69, 9.17) is 0 Å². The normalized spacial score (nSPS) is 9.42. The van der Waals surface area contributed by atoms with Crippen LogP contribution in [0.2, 0.25) is 0 Å². The summed E-state index contributed by atoms with van der Waals surface area (Å²) in [6, 6.07) is 0. The molecular weight excluding hydrogens is 146 g/mol. The maximum atomic E-state index is 3.88. The zero-order chi connectivity index (χ0) is 9.23. The highest BCUT2D eigenvalue weighted by atomic mass is 14.8. The fourth-order valence-electron chi connectivity index (χ4n) is 1.11. The van der Waals surface area contributed by atoms with Crippen molar-refractivity contribution in [1.82, 2.24) is 5.32 Å². The Labute approximate surface area is 76.6 Å². The summed E-state index contributed by atoms with van der Waals surface area (Å²) < 4.78 is 0. The highest BCUT2D eigenvalue weighted by Crippen LogP contribution is 2.07. The van der Waals surface area contributed by atoms with Crippen molar-refractivity contribution in [3.05, 3.63) is 24.9 Å². The van der Waals surface area contributed by atoms with Gasteiger partial charge in [-0.2, -0.15) is 0 Å². The minimum absolute atomic E-state index is 1.12. The minimum atomic E-state index is 1.12. The predicted octanol–water partition coefficient (Wildman–Crippen LogP) is 3.25. The van der Waals surface area contributed by atoms with Gasteiger partial charge < -0.3 is 5.32 Å². The van der Waals surface area contributed by atoms with Crippen LogP contribution in [0.1, 0.15) is 38.5 Å². The highest BCUT2D eigenvalue weighted by molar-refractivity contribution is 4.88. The molecule has 1 nitrogen and oxygen atoms in total. The molecule has 0 aliphatic heterocycles. The third kappa shape index (κ3) is 7.39. The van der Waals surface area contributed by atoms with E-state index < -0.39 is 0 Å². The third-order valence-electron chi connectivity index (χ3n) is 1.99. The molecule has 0 rings (SSSR count). The van der Waals surface area contributed by atoms with Gasteiger partial charge in [-0.25, -0.2) is 0 Å². The minimum Gasteiger partial charge on any atom is -0.392 e. The molecule has 0 amide bonds. The number of unbranched alkanes of at least 4 members (excludes halogenated alkanes) is 4. The van der Waals surface area contributed by atoms with E-state index in [1.165, 1.54) is 25.7 Å². The molecule has 1 N–H and O–H groups in total. The van der Waals surface area contributed by atoms with Gasteiger partial charge in [-0.1, -0.05) is 25.5 Å². The first-order valence-electron chi connectivity index (χ1n) is 4.77. The van der Waals surface area contributed by atoms with Gasteiger partial charge in [-0.05, 0) is 25.7 Å². The SMILES string of the molecule is C=CCCCCCCC(=C)NC. The third-order valence-corrected chi connectivity index (χ3v) is 1.99. The van der Waals surface area contributed by atoms with Gasteiger partial charge in [0.15, 0.2) is 0 Å². The van der Waals surface area contributed by atoms with Crippen molar-refractivity contribution >= 4 is 0 Å². The van der Waals surface area contributed by atoms with E-state index in [0.717, 1.165) is 18.5 Å².